The van der Waals surface area contributed by atoms with Crippen LogP contribution < -0.4 is 9.80 Å². The van der Waals surface area contributed by atoms with E-state index in [2.05, 4.69) is 96.4 Å². The Morgan fingerprint density at radius 3 is 1.38 bits per heavy atom. The number of hydrogen-bond acceptors (Lipinski definition) is 2. The highest BCUT2D eigenvalue weighted by Crippen LogP contribution is 2.56. The largest absolute Gasteiger partial charge is 0.310 e. The van der Waals surface area contributed by atoms with Gasteiger partial charge in [0, 0.05) is 49.4 Å². The molecule has 0 spiro atoms. The van der Waals surface area contributed by atoms with E-state index in [1.165, 1.54) is 22.3 Å². The predicted molar refractivity (Wildman–Crippen MR) is 226 cm³/mol. The second-order valence-corrected chi connectivity index (χ2v) is 14.8. The quantitative estimate of drug-likeness (QED) is 0.169. The second kappa shape index (κ2) is 12.7. The van der Waals surface area contributed by atoms with Crippen LogP contribution in [0.15, 0.2) is 182 Å². The van der Waals surface area contributed by atoms with Gasteiger partial charge in [0.1, 0.15) is 11.6 Å². The summed E-state index contributed by atoms with van der Waals surface area (Å²) in [5.41, 5.74) is 10.3. The molecule has 264 valence electrons. The maximum absolute atomic E-state index is 15.3. The summed E-state index contributed by atoms with van der Waals surface area (Å²) in [6, 6.07) is 60.7. The molecule has 0 saturated heterocycles. The molecule has 0 bridgehead atoms. The first kappa shape index (κ1) is 32.8. The SMILES string of the molecule is CC1(C)c2cc(N(c3ccccc3)c3ccc(F)c4ccccc34)ccc2-c2c1cc(N(c1ccccc1)c1ccc(F)c3ccccc13)c1ccccc21. The van der Waals surface area contributed by atoms with Crippen LogP contribution in [0.5, 0.6) is 0 Å². The van der Waals surface area contributed by atoms with Gasteiger partial charge >= 0.3 is 0 Å². The molecule has 0 fully saturated rings. The van der Waals surface area contributed by atoms with E-state index in [0.29, 0.717) is 10.8 Å². The van der Waals surface area contributed by atoms with Crippen molar-refractivity contribution in [2.45, 2.75) is 19.3 Å². The molecule has 2 nitrogen and oxygen atoms in total. The molecule has 1 aliphatic carbocycles. The number of rotatable bonds is 6. The molecule has 4 heteroatoms. The van der Waals surface area contributed by atoms with Crippen molar-refractivity contribution in [2.75, 3.05) is 9.80 Å². The molecule has 55 heavy (non-hydrogen) atoms. The van der Waals surface area contributed by atoms with Crippen molar-refractivity contribution < 1.29 is 8.78 Å². The van der Waals surface area contributed by atoms with Crippen LogP contribution in [-0.4, -0.2) is 0 Å². The summed E-state index contributed by atoms with van der Waals surface area (Å²) < 4.78 is 30.4. The Morgan fingerprint density at radius 1 is 0.364 bits per heavy atom. The molecule has 0 amide bonds. The molecule has 9 aromatic carbocycles. The van der Waals surface area contributed by atoms with Crippen LogP contribution in [0.2, 0.25) is 0 Å². The number of benzene rings is 9. The maximum Gasteiger partial charge on any atom is 0.131 e. The average molecular weight is 715 g/mol. The average Bonchev–Trinajstić information content (AvgIpc) is 3.46. The Balaban J connectivity index is 1.20. The lowest BCUT2D eigenvalue weighted by atomic mass is 9.81. The van der Waals surface area contributed by atoms with Gasteiger partial charge in [-0.3, -0.25) is 0 Å². The number of para-hydroxylation sites is 2. The maximum atomic E-state index is 15.3. The zero-order valence-electron chi connectivity index (χ0n) is 30.5. The van der Waals surface area contributed by atoms with Gasteiger partial charge in [0.2, 0.25) is 0 Å². The van der Waals surface area contributed by atoms with Crippen LogP contribution in [0.1, 0.15) is 25.0 Å². The normalized spacial score (nSPS) is 12.9. The Kier molecular flexibility index (Phi) is 7.57. The summed E-state index contributed by atoms with van der Waals surface area (Å²) >= 11 is 0. The van der Waals surface area contributed by atoms with Gasteiger partial charge in [-0.25, -0.2) is 8.78 Å². The molecule has 0 unspecified atom stereocenters. The fourth-order valence-corrected chi connectivity index (χ4v) is 8.75. The van der Waals surface area contributed by atoms with E-state index < -0.39 is 0 Å². The van der Waals surface area contributed by atoms with E-state index in [1.807, 2.05) is 97.1 Å². The van der Waals surface area contributed by atoms with Crippen molar-refractivity contribution in [1.82, 2.24) is 0 Å². The van der Waals surface area contributed by atoms with E-state index in [1.54, 1.807) is 12.1 Å². The third-order valence-electron chi connectivity index (χ3n) is 11.3. The van der Waals surface area contributed by atoms with Crippen LogP contribution in [0.4, 0.5) is 42.9 Å². The zero-order valence-corrected chi connectivity index (χ0v) is 30.5. The molecule has 9 aromatic rings. The Hall–Kier alpha value is -6.78. The van der Waals surface area contributed by atoms with E-state index >= 15 is 8.78 Å². The fraction of sp³-hybridized carbons (Fsp3) is 0.0588. The lowest BCUT2D eigenvalue weighted by Crippen LogP contribution is -2.18. The number of anilines is 6. The van der Waals surface area contributed by atoms with Crippen molar-refractivity contribution >= 4 is 66.4 Å². The highest BCUT2D eigenvalue weighted by molar-refractivity contribution is 6.12. The van der Waals surface area contributed by atoms with Crippen molar-refractivity contribution in [1.29, 1.82) is 0 Å². The molecule has 10 rings (SSSR count). The first-order valence-corrected chi connectivity index (χ1v) is 18.7. The van der Waals surface area contributed by atoms with Gasteiger partial charge in [-0.1, -0.05) is 129 Å². The van der Waals surface area contributed by atoms with Crippen LogP contribution in [0, 0.1) is 11.6 Å². The minimum Gasteiger partial charge on any atom is -0.310 e. The van der Waals surface area contributed by atoms with E-state index in [4.69, 9.17) is 0 Å². The molecule has 1 aliphatic rings. The molecule has 0 saturated carbocycles. The topological polar surface area (TPSA) is 6.48 Å². The Bertz CT molecular complexity index is 2940. The van der Waals surface area contributed by atoms with Crippen LogP contribution in [0.3, 0.4) is 0 Å². The van der Waals surface area contributed by atoms with Gasteiger partial charge in [0.25, 0.3) is 0 Å². The number of fused-ring (bicyclic) bond motifs is 7. The molecule has 0 aliphatic heterocycles. The first-order chi connectivity index (χ1) is 26.9. The highest BCUT2D eigenvalue weighted by atomic mass is 19.1. The van der Waals surface area contributed by atoms with Crippen molar-refractivity contribution in [3.63, 3.8) is 0 Å². The summed E-state index contributed by atoms with van der Waals surface area (Å²) in [7, 11) is 0. The number of halogens is 2. The molecular weight excluding hydrogens is 679 g/mol. The minimum atomic E-state index is -0.389. The first-order valence-electron chi connectivity index (χ1n) is 18.7. The molecular formula is C51H36F2N2. The van der Waals surface area contributed by atoms with Crippen molar-refractivity contribution in [3.8, 4) is 11.1 Å². The Labute approximate surface area is 319 Å². The zero-order chi connectivity index (χ0) is 37.3. The van der Waals surface area contributed by atoms with Crippen molar-refractivity contribution in [3.05, 3.63) is 205 Å². The third kappa shape index (κ3) is 5.13. The van der Waals surface area contributed by atoms with Gasteiger partial charge in [-0.05, 0) is 94.4 Å². The molecule has 0 N–H and O–H groups in total. The minimum absolute atomic E-state index is 0.237. The smallest absolute Gasteiger partial charge is 0.131 e. The van der Waals surface area contributed by atoms with E-state index in [0.717, 1.165) is 55.7 Å². The summed E-state index contributed by atoms with van der Waals surface area (Å²) in [6.07, 6.45) is 0. The van der Waals surface area contributed by atoms with Gasteiger partial charge in [-0.2, -0.15) is 0 Å². The van der Waals surface area contributed by atoms with Gasteiger partial charge < -0.3 is 9.80 Å². The molecule has 0 heterocycles. The second-order valence-electron chi connectivity index (χ2n) is 14.8. The number of nitrogens with zero attached hydrogens (tertiary/aromatic N) is 2. The highest BCUT2D eigenvalue weighted by Gasteiger charge is 2.39. The monoisotopic (exact) mass is 714 g/mol. The van der Waals surface area contributed by atoms with Gasteiger partial charge in [-0.15, -0.1) is 0 Å². The Morgan fingerprint density at radius 2 is 0.818 bits per heavy atom. The lowest BCUT2D eigenvalue weighted by molar-refractivity contribution is 0.639. The molecule has 0 aromatic heterocycles. The fourth-order valence-electron chi connectivity index (χ4n) is 8.75. The van der Waals surface area contributed by atoms with Crippen LogP contribution >= 0.6 is 0 Å². The van der Waals surface area contributed by atoms with E-state index in [9.17, 15) is 0 Å². The summed E-state index contributed by atoms with van der Waals surface area (Å²) in [5.74, 6) is -0.476. The predicted octanol–water partition coefficient (Wildman–Crippen LogP) is 14.7. The standard InChI is InChI=1S/C51H36F2N2/c1-51(2)43-31-35(54(33-15-5-3-6-16-33)47-29-27-45(52)36-19-9-11-21-38(36)47)25-26-42(43)50-41-24-14-13-23-40(41)49(32-44(50)51)55(34-17-7-4-8-18-34)48-30-28-46(53)37-20-10-12-22-39(37)48/h3-32H,1-2H3. The molecule has 0 radical (unpaired) electrons. The van der Waals surface area contributed by atoms with Crippen LogP contribution in [0.25, 0.3) is 43.4 Å². The summed E-state index contributed by atoms with van der Waals surface area (Å²) in [4.78, 5) is 4.52. The van der Waals surface area contributed by atoms with Crippen LogP contribution in [-0.2, 0) is 5.41 Å². The lowest BCUT2D eigenvalue weighted by Gasteiger charge is -2.31. The van der Waals surface area contributed by atoms with Crippen molar-refractivity contribution in [2.24, 2.45) is 0 Å². The third-order valence-corrected chi connectivity index (χ3v) is 11.3. The van der Waals surface area contributed by atoms with E-state index in [-0.39, 0.29) is 17.0 Å². The summed E-state index contributed by atoms with van der Waals surface area (Å²) in [6.45, 7) is 4.61. The van der Waals surface area contributed by atoms with Gasteiger partial charge in [0.05, 0.1) is 17.1 Å². The number of hydrogen-bond donors (Lipinski definition) is 0. The molecule has 0 atom stereocenters. The van der Waals surface area contributed by atoms with Gasteiger partial charge in [0.15, 0.2) is 0 Å². The summed E-state index contributed by atoms with van der Waals surface area (Å²) in [5, 5.41) is 5.13.